The summed E-state index contributed by atoms with van der Waals surface area (Å²) >= 11 is 0. The predicted molar refractivity (Wildman–Crippen MR) is 128 cm³/mol. The number of benzene rings is 2. The zero-order valence-corrected chi connectivity index (χ0v) is 19.5. The Labute approximate surface area is 195 Å². The molecule has 174 valence electrons. The number of hydrogen-bond acceptors (Lipinski definition) is 5. The molecule has 1 fully saturated rings. The van der Waals surface area contributed by atoms with Crippen molar-refractivity contribution in [3.63, 3.8) is 0 Å². The van der Waals surface area contributed by atoms with Gasteiger partial charge in [-0.2, -0.15) is 0 Å². The molecule has 0 aromatic heterocycles. The fraction of sp³-hybridized carbons (Fsp3) is 0.333. The molecule has 2 aromatic carbocycles. The second kappa shape index (κ2) is 10.9. The topological polar surface area (TPSA) is 76.1 Å². The summed E-state index contributed by atoms with van der Waals surface area (Å²) in [7, 11) is 0. The lowest BCUT2D eigenvalue weighted by molar-refractivity contribution is -0.139. The lowest BCUT2D eigenvalue weighted by Gasteiger charge is -2.25. The summed E-state index contributed by atoms with van der Waals surface area (Å²) in [6.45, 7) is 10.8. The molecule has 33 heavy (non-hydrogen) atoms. The molecule has 0 radical (unpaired) electrons. The minimum atomic E-state index is -0.700. The fourth-order valence-corrected chi connectivity index (χ4v) is 3.95. The highest BCUT2D eigenvalue weighted by molar-refractivity contribution is 6.46. The van der Waals surface area contributed by atoms with Crippen LogP contribution in [-0.4, -0.2) is 41.5 Å². The number of aliphatic hydroxyl groups excluding tert-OH is 1. The van der Waals surface area contributed by atoms with E-state index in [0.717, 1.165) is 17.7 Å². The monoisotopic (exact) mass is 449 g/mol. The van der Waals surface area contributed by atoms with Crippen molar-refractivity contribution in [2.45, 2.75) is 39.7 Å². The molecule has 1 aliphatic rings. The third-order valence-corrected chi connectivity index (χ3v) is 5.46. The summed E-state index contributed by atoms with van der Waals surface area (Å²) in [6, 6.07) is 11.8. The average Bonchev–Trinajstić information content (AvgIpc) is 3.07. The van der Waals surface area contributed by atoms with Gasteiger partial charge < -0.3 is 19.5 Å². The molecule has 6 heteroatoms. The van der Waals surface area contributed by atoms with Gasteiger partial charge in [-0.05, 0) is 61.2 Å². The third-order valence-electron chi connectivity index (χ3n) is 5.46. The molecule has 0 aliphatic carbocycles. The Kier molecular flexibility index (Phi) is 7.93. The van der Waals surface area contributed by atoms with Crippen molar-refractivity contribution in [3.05, 3.63) is 77.4 Å². The first-order valence-electron chi connectivity index (χ1n) is 11.3. The largest absolute Gasteiger partial charge is 0.507 e. The first kappa shape index (κ1) is 24.1. The number of amides is 1. The van der Waals surface area contributed by atoms with Gasteiger partial charge in [0.15, 0.2) is 0 Å². The van der Waals surface area contributed by atoms with Gasteiger partial charge in [0.05, 0.1) is 18.2 Å². The predicted octanol–water partition coefficient (Wildman–Crippen LogP) is 5.18. The SMILES string of the molecule is C=CCOc1cccc(C2/C(=C(\O)c3ccc(OCCC)c(C)c3)C(=O)C(=O)N2CCC)c1. The van der Waals surface area contributed by atoms with Crippen molar-refractivity contribution in [1.29, 1.82) is 0 Å². The van der Waals surface area contributed by atoms with E-state index >= 15 is 0 Å². The van der Waals surface area contributed by atoms with E-state index < -0.39 is 17.7 Å². The standard InChI is InChI=1S/C27H31NO5/c1-5-13-28-24(19-9-8-10-21(17-19)32-14-6-2)23(26(30)27(28)31)25(29)20-11-12-22(18(4)16-20)33-15-7-3/h6,8-12,16-17,24,29H,2,5,7,13-15H2,1,3-4H3/b25-23+. The van der Waals surface area contributed by atoms with Crippen LogP contribution < -0.4 is 9.47 Å². The van der Waals surface area contributed by atoms with Crippen molar-refractivity contribution < 1.29 is 24.2 Å². The summed E-state index contributed by atoms with van der Waals surface area (Å²) < 4.78 is 11.4. The molecule has 1 saturated heterocycles. The van der Waals surface area contributed by atoms with Gasteiger partial charge in [-0.3, -0.25) is 9.59 Å². The van der Waals surface area contributed by atoms with E-state index in [-0.39, 0.29) is 11.3 Å². The minimum Gasteiger partial charge on any atom is -0.507 e. The Bertz CT molecular complexity index is 1070. The zero-order valence-electron chi connectivity index (χ0n) is 19.5. The van der Waals surface area contributed by atoms with Gasteiger partial charge in [0.25, 0.3) is 11.7 Å². The van der Waals surface area contributed by atoms with Crippen LogP contribution in [0, 0.1) is 6.92 Å². The molecular formula is C27H31NO5. The molecule has 1 amide bonds. The van der Waals surface area contributed by atoms with E-state index in [9.17, 15) is 14.7 Å². The van der Waals surface area contributed by atoms with Crippen LogP contribution in [0.25, 0.3) is 5.76 Å². The van der Waals surface area contributed by atoms with Crippen LogP contribution in [0.5, 0.6) is 11.5 Å². The second-order valence-corrected chi connectivity index (χ2v) is 7.99. The zero-order chi connectivity index (χ0) is 24.0. The smallest absolute Gasteiger partial charge is 0.295 e. The van der Waals surface area contributed by atoms with Gasteiger partial charge in [-0.15, -0.1) is 0 Å². The van der Waals surface area contributed by atoms with Crippen LogP contribution in [0.2, 0.25) is 0 Å². The summed E-state index contributed by atoms with van der Waals surface area (Å²) in [5.41, 5.74) is 2.09. The Hall–Kier alpha value is -3.54. The number of ketones is 1. The summed E-state index contributed by atoms with van der Waals surface area (Å²) in [6.07, 6.45) is 3.21. The molecule has 1 atom stereocenters. The molecule has 1 heterocycles. The van der Waals surface area contributed by atoms with E-state index in [1.165, 1.54) is 4.90 Å². The van der Waals surface area contributed by atoms with Crippen molar-refractivity contribution in [2.24, 2.45) is 0 Å². The third kappa shape index (κ3) is 5.11. The molecular weight excluding hydrogens is 418 g/mol. The molecule has 1 N–H and O–H groups in total. The van der Waals surface area contributed by atoms with Crippen LogP contribution in [-0.2, 0) is 9.59 Å². The fourth-order valence-electron chi connectivity index (χ4n) is 3.95. The second-order valence-electron chi connectivity index (χ2n) is 7.99. The molecule has 6 nitrogen and oxygen atoms in total. The van der Waals surface area contributed by atoms with E-state index in [4.69, 9.17) is 9.47 Å². The lowest BCUT2D eigenvalue weighted by atomic mass is 9.94. The number of nitrogens with zero attached hydrogens (tertiary/aromatic N) is 1. The first-order valence-corrected chi connectivity index (χ1v) is 11.3. The average molecular weight is 450 g/mol. The minimum absolute atomic E-state index is 0.0796. The van der Waals surface area contributed by atoms with Crippen LogP contribution >= 0.6 is 0 Å². The van der Waals surface area contributed by atoms with Crippen molar-refractivity contribution in [3.8, 4) is 11.5 Å². The van der Waals surface area contributed by atoms with Crippen molar-refractivity contribution >= 4 is 17.4 Å². The van der Waals surface area contributed by atoms with E-state index in [1.54, 1.807) is 36.4 Å². The molecule has 1 unspecified atom stereocenters. The maximum atomic E-state index is 13.1. The molecule has 3 rings (SSSR count). The number of hydrogen-bond donors (Lipinski definition) is 1. The number of aliphatic hydroxyl groups is 1. The van der Waals surface area contributed by atoms with E-state index in [1.807, 2.05) is 32.9 Å². The number of rotatable bonds is 10. The van der Waals surface area contributed by atoms with Crippen LogP contribution in [0.15, 0.2) is 60.7 Å². The van der Waals surface area contributed by atoms with Crippen LogP contribution in [0.3, 0.4) is 0 Å². The van der Waals surface area contributed by atoms with E-state index in [0.29, 0.717) is 43.1 Å². The molecule has 0 saturated carbocycles. The van der Waals surface area contributed by atoms with Crippen LogP contribution in [0.4, 0.5) is 0 Å². The van der Waals surface area contributed by atoms with Crippen molar-refractivity contribution in [2.75, 3.05) is 19.8 Å². The maximum absolute atomic E-state index is 13.1. The Morgan fingerprint density at radius 3 is 2.58 bits per heavy atom. The highest BCUT2D eigenvalue weighted by atomic mass is 16.5. The summed E-state index contributed by atoms with van der Waals surface area (Å²) in [5.74, 6) is -0.168. The van der Waals surface area contributed by atoms with E-state index in [2.05, 4.69) is 6.58 Å². The number of carbonyl (C=O) groups excluding carboxylic acids is 2. The van der Waals surface area contributed by atoms with Gasteiger partial charge in [-0.1, -0.05) is 38.6 Å². The molecule has 1 aliphatic heterocycles. The highest BCUT2D eigenvalue weighted by Gasteiger charge is 2.45. The van der Waals surface area contributed by atoms with Gasteiger partial charge in [-0.25, -0.2) is 0 Å². The number of ether oxygens (including phenoxy) is 2. The van der Waals surface area contributed by atoms with Crippen LogP contribution in [0.1, 0.15) is 49.4 Å². The molecule has 0 spiro atoms. The number of Topliss-reactive ketones (excluding diaryl/α,β-unsaturated/α-hetero) is 1. The van der Waals surface area contributed by atoms with Gasteiger partial charge in [0, 0.05) is 12.1 Å². The Balaban J connectivity index is 2.10. The molecule has 0 bridgehead atoms. The summed E-state index contributed by atoms with van der Waals surface area (Å²) in [5, 5.41) is 11.2. The Morgan fingerprint density at radius 2 is 1.91 bits per heavy atom. The number of aryl methyl sites for hydroxylation is 1. The first-order chi connectivity index (χ1) is 15.9. The van der Waals surface area contributed by atoms with Gasteiger partial charge in [0.2, 0.25) is 0 Å². The maximum Gasteiger partial charge on any atom is 0.295 e. The van der Waals surface area contributed by atoms with Gasteiger partial charge >= 0.3 is 0 Å². The van der Waals surface area contributed by atoms with Crippen molar-refractivity contribution in [1.82, 2.24) is 4.90 Å². The highest BCUT2D eigenvalue weighted by Crippen LogP contribution is 2.40. The van der Waals surface area contributed by atoms with Gasteiger partial charge in [0.1, 0.15) is 23.9 Å². The number of likely N-dealkylation sites (tertiary alicyclic amines) is 1. The lowest BCUT2D eigenvalue weighted by Crippen LogP contribution is -2.30. The quantitative estimate of drug-likeness (QED) is 0.234. The number of carbonyl (C=O) groups is 2. The normalized spacial score (nSPS) is 17.3. The Morgan fingerprint density at radius 1 is 1.12 bits per heavy atom. The summed E-state index contributed by atoms with van der Waals surface area (Å²) in [4.78, 5) is 27.5. The molecule has 2 aromatic rings.